The molecule has 2 amide bonds. The Kier molecular flexibility index (Phi) is 5.31. The first-order valence-corrected chi connectivity index (χ1v) is 8.45. The van der Waals surface area contributed by atoms with Crippen molar-refractivity contribution in [1.29, 1.82) is 0 Å². The van der Waals surface area contributed by atoms with Crippen molar-refractivity contribution in [3.05, 3.63) is 58.9 Å². The molecular weight excluding hydrogens is 414 g/mol. The molecule has 0 saturated heterocycles. The molecule has 1 aromatic heterocycles. The zero-order valence-corrected chi connectivity index (χ0v) is 15.5. The first-order chi connectivity index (χ1) is 13.8. The smallest absolute Gasteiger partial charge is 0.308 e. The molecule has 0 aliphatic carbocycles. The van der Waals surface area contributed by atoms with E-state index in [1.165, 1.54) is 12.1 Å². The van der Waals surface area contributed by atoms with Crippen molar-refractivity contribution in [3.63, 3.8) is 0 Å². The van der Waals surface area contributed by atoms with Crippen molar-refractivity contribution in [2.24, 2.45) is 0 Å². The summed E-state index contributed by atoms with van der Waals surface area (Å²) in [7, 11) is 0. The quantitative estimate of drug-likeness (QED) is 0.498. The molecule has 0 bridgehead atoms. The van der Waals surface area contributed by atoms with Crippen LogP contribution >= 0.6 is 0 Å². The van der Waals surface area contributed by atoms with Gasteiger partial charge in [-0.1, -0.05) is 0 Å². The Bertz CT molecular complexity index is 1090. The number of alkyl halides is 6. The monoisotopic (exact) mass is 428 g/mol. The number of halogens is 6. The van der Waals surface area contributed by atoms with Crippen LogP contribution in [0.5, 0.6) is 0 Å². The fourth-order valence-electron chi connectivity index (χ4n) is 2.63. The highest BCUT2D eigenvalue weighted by atomic mass is 19.4. The first-order valence-electron chi connectivity index (χ1n) is 8.45. The second-order valence-corrected chi connectivity index (χ2v) is 6.47. The van der Waals surface area contributed by atoms with Gasteiger partial charge in [0, 0.05) is 11.4 Å². The lowest BCUT2D eigenvalue weighted by molar-refractivity contribution is -0.143. The lowest BCUT2D eigenvalue weighted by Crippen LogP contribution is -2.20. The Balaban J connectivity index is 1.85. The second-order valence-electron chi connectivity index (χ2n) is 6.47. The topological polar surface area (TPSA) is 66.9 Å². The molecule has 2 N–H and O–H groups in total. The number of aryl methyl sites for hydroxylation is 2. The molecule has 0 radical (unpaired) electrons. The Labute approximate surface area is 166 Å². The number of amides is 2. The van der Waals surface area contributed by atoms with E-state index >= 15 is 0 Å². The van der Waals surface area contributed by atoms with E-state index in [-0.39, 0.29) is 11.8 Å². The van der Waals surface area contributed by atoms with E-state index in [0.29, 0.717) is 28.9 Å². The van der Waals surface area contributed by atoms with Gasteiger partial charge in [-0.25, -0.2) is 14.8 Å². The van der Waals surface area contributed by atoms with Crippen LogP contribution in [0, 0.1) is 13.8 Å². The summed E-state index contributed by atoms with van der Waals surface area (Å²) in [6.07, 6.45) is -10.0. The van der Waals surface area contributed by atoms with Crippen LogP contribution in [0.4, 0.5) is 42.5 Å². The van der Waals surface area contributed by atoms with E-state index in [9.17, 15) is 31.1 Å². The van der Waals surface area contributed by atoms with Crippen LogP contribution in [0.25, 0.3) is 11.0 Å². The van der Waals surface area contributed by atoms with Gasteiger partial charge in [0.15, 0.2) is 0 Å². The molecular formula is C19H14F6N4O. The van der Waals surface area contributed by atoms with Crippen molar-refractivity contribution in [2.45, 2.75) is 26.2 Å². The molecule has 0 unspecified atom stereocenters. The number of anilines is 2. The van der Waals surface area contributed by atoms with Crippen LogP contribution in [0.2, 0.25) is 0 Å². The lowest BCUT2D eigenvalue weighted by Gasteiger charge is -2.15. The third kappa shape index (κ3) is 4.78. The van der Waals surface area contributed by atoms with E-state index in [0.717, 1.165) is 5.69 Å². The summed E-state index contributed by atoms with van der Waals surface area (Å²) in [6, 6.07) is 4.37. The summed E-state index contributed by atoms with van der Waals surface area (Å²) in [5.74, 6) is 0. The molecule has 1 heterocycles. The van der Waals surface area contributed by atoms with Gasteiger partial charge in [0.1, 0.15) is 0 Å². The highest BCUT2D eigenvalue weighted by molar-refractivity contribution is 6.00. The second kappa shape index (κ2) is 7.47. The third-order valence-corrected chi connectivity index (χ3v) is 4.18. The maximum absolute atomic E-state index is 12.9. The van der Waals surface area contributed by atoms with Crippen molar-refractivity contribution >= 4 is 28.4 Å². The fraction of sp³-hybridized carbons (Fsp3) is 0.211. The number of hydrogen-bond acceptors (Lipinski definition) is 3. The summed E-state index contributed by atoms with van der Waals surface area (Å²) in [5.41, 5.74) is -1.04. The van der Waals surface area contributed by atoms with Gasteiger partial charge >= 0.3 is 18.4 Å². The number of carbonyl (C=O) groups is 1. The van der Waals surface area contributed by atoms with Crippen LogP contribution < -0.4 is 10.6 Å². The number of urea groups is 1. The number of nitrogens with one attached hydrogen (secondary N) is 2. The number of fused-ring (bicyclic) bond motifs is 1. The van der Waals surface area contributed by atoms with Gasteiger partial charge in [-0.3, -0.25) is 0 Å². The number of hydrogen-bond donors (Lipinski definition) is 2. The Morgan fingerprint density at radius 2 is 1.23 bits per heavy atom. The van der Waals surface area contributed by atoms with Gasteiger partial charge in [0.05, 0.1) is 33.5 Å². The average Bonchev–Trinajstić information content (AvgIpc) is 2.61. The van der Waals surface area contributed by atoms with Crippen molar-refractivity contribution in [3.8, 4) is 0 Å². The predicted molar refractivity (Wildman–Crippen MR) is 98.1 cm³/mol. The average molecular weight is 428 g/mol. The minimum atomic E-state index is -5.01. The highest BCUT2D eigenvalue weighted by Crippen LogP contribution is 2.37. The van der Waals surface area contributed by atoms with Crippen molar-refractivity contribution in [1.82, 2.24) is 9.97 Å². The van der Waals surface area contributed by atoms with Crippen LogP contribution in [-0.2, 0) is 12.4 Å². The SMILES string of the molecule is Cc1nc2ccc(NC(=O)Nc3cc(C(F)(F)F)cc(C(F)(F)F)c3)cc2nc1C. The number of nitrogens with zero attached hydrogens (tertiary/aromatic N) is 2. The van der Waals surface area contributed by atoms with E-state index in [4.69, 9.17) is 0 Å². The standard InChI is InChI=1S/C19H14F6N4O/c1-9-10(2)27-16-8-13(3-4-15(16)26-9)28-17(30)29-14-6-11(18(20,21)22)5-12(7-14)19(23,24)25/h3-8H,1-2H3,(H2,28,29,30). The van der Waals surface area contributed by atoms with Crippen molar-refractivity contribution < 1.29 is 31.1 Å². The molecule has 158 valence electrons. The lowest BCUT2D eigenvalue weighted by atomic mass is 10.1. The van der Waals surface area contributed by atoms with Crippen LogP contribution in [0.15, 0.2) is 36.4 Å². The van der Waals surface area contributed by atoms with E-state index in [1.807, 2.05) is 5.32 Å². The largest absolute Gasteiger partial charge is 0.416 e. The van der Waals surface area contributed by atoms with Gasteiger partial charge in [0.2, 0.25) is 0 Å². The van der Waals surface area contributed by atoms with Gasteiger partial charge in [-0.15, -0.1) is 0 Å². The van der Waals surface area contributed by atoms with Crippen LogP contribution in [0.3, 0.4) is 0 Å². The van der Waals surface area contributed by atoms with E-state index in [1.54, 1.807) is 19.9 Å². The highest BCUT2D eigenvalue weighted by Gasteiger charge is 2.37. The number of carbonyl (C=O) groups excluding carboxylic acids is 1. The first kappa shape index (κ1) is 21.3. The number of rotatable bonds is 2. The molecule has 2 aromatic carbocycles. The summed E-state index contributed by atoms with van der Waals surface area (Å²) in [5, 5.41) is 4.35. The molecule has 0 aliphatic heterocycles. The molecule has 5 nitrogen and oxygen atoms in total. The Morgan fingerprint density at radius 1 is 0.733 bits per heavy atom. The Morgan fingerprint density at radius 3 is 1.77 bits per heavy atom. The molecule has 0 saturated carbocycles. The molecule has 30 heavy (non-hydrogen) atoms. The normalized spacial score (nSPS) is 12.1. The number of aromatic nitrogens is 2. The summed E-state index contributed by atoms with van der Waals surface area (Å²) >= 11 is 0. The summed E-state index contributed by atoms with van der Waals surface area (Å²) in [6.45, 7) is 3.53. The third-order valence-electron chi connectivity index (χ3n) is 4.18. The summed E-state index contributed by atoms with van der Waals surface area (Å²) < 4.78 is 77.5. The zero-order chi connectivity index (χ0) is 22.3. The minimum absolute atomic E-state index is 0.0184. The van der Waals surface area contributed by atoms with Gasteiger partial charge in [-0.2, -0.15) is 26.3 Å². The molecule has 0 fully saturated rings. The minimum Gasteiger partial charge on any atom is -0.308 e. The Hall–Kier alpha value is -3.37. The molecule has 3 aromatic rings. The van der Waals surface area contributed by atoms with Gasteiger partial charge in [0.25, 0.3) is 0 Å². The van der Waals surface area contributed by atoms with Crippen molar-refractivity contribution in [2.75, 3.05) is 10.6 Å². The molecule has 0 atom stereocenters. The summed E-state index contributed by atoms with van der Waals surface area (Å²) in [4.78, 5) is 20.8. The van der Waals surface area contributed by atoms with Crippen LogP contribution in [-0.4, -0.2) is 16.0 Å². The zero-order valence-electron chi connectivity index (χ0n) is 15.5. The molecule has 3 rings (SSSR count). The van der Waals surface area contributed by atoms with E-state index < -0.39 is 35.2 Å². The van der Waals surface area contributed by atoms with E-state index in [2.05, 4.69) is 15.3 Å². The predicted octanol–water partition coefficient (Wildman–Crippen LogP) is 5.93. The molecule has 11 heteroatoms. The number of benzene rings is 2. The molecule has 0 aliphatic rings. The van der Waals surface area contributed by atoms with Gasteiger partial charge < -0.3 is 10.6 Å². The fourth-order valence-corrected chi connectivity index (χ4v) is 2.63. The maximum Gasteiger partial charge on any atom is 0.416 e. The molecule has 0 spiro atoms. The van der Waals surface area contributed by atoms with Crippen LogP contribution in [0.1, 0.15) is 22.5 Å². The maximum atomic E-state index is 12.9. The van der Waals surface area contributed by atoms with Gasteiger partial charge in [-0.05, 0) is 50.2 Å².